The zero-order valence-corrected chi connectivity index (χ0v) is 59.5. The lowest BCUT2D eigenvalue weighted by atomic mass is 10.1. The van der Waals surface area contributed by atoms with Crippen molar-refractivity contribution in [3.8, 4) is 6.07 Å². The fourth-order valence-corrected chi connectivity index (χ4v) is 14.6. The van der Waals surface area contributed by atoms with Gasteiger partial charge in [-0.3, -0.25) is 18.7 Å². The second kappa shape index (κ2) is 31.9. The van der Waals surface area contributed by atoms with Crippen molar-refractivity contribution >= 4 is 169 Å². The molecule has 524 valence electrons. The molecule has 4 aromatic carbocycles. The molecule has 4 N–H and O–H groups in total. The van der Waals surface area contributed by atoms with Crippen LogP contribution in [0.5, 0.6) is 0 Å². The highest BCUT2D eigenvalue weighted by atomic mass is 32.2. The third-order valence-corrected chi connectivity index (χ3v) is 20.4. The Morgan fingerprint density at radius 3 is 1.43 bits per heavy atom. The minimum atomic E-state index is -4.72. The number of hydrogen-bond acceptors (Lipinski definition) is 30. The molecule has 2 fully saturated rings. The maximum Gasteiger partial charge on any atom is 0.425 e. The molecule has 38 heteroatoms. The fraction of sp³-hybridized carbons (Fsp3) is 0.317. The summed E-state index contributed by atoms with van der Waals surface area (Å²) in [7, 11) is -12.5. The van der Waals surface area contributed by atoms with Crippen LogP contribution >= 0.6 is 34.4 Å². The molecule has 0 spiro atoms. The highest BCUT2D eigenvalue weighted by Gasteiger charge is 2.44. The molecular formula is C63H63N19O13S6. The van der Waals surface area contributed by atoms with Gasteiger partial charge in [-0.05, 0) is 157 Å². The smallest absolute Gasteiger partial charge is 0.372 e. The molecule has 2 saturated heterocycles. The van der Waals surface area contributed by atoms with E-state index in [-0.39, 0.29) is 55.9 Å². The number of carbonyl (C=O) groups excluding carboxylic acids is 4. The van der Waals surface area contributed by atoms with Gasteiger partial charge in [-0.25, -0.2) is 14.5 Å². The highest BCUT2D eigenvalue weighted by Crippen LogP contribution is 2.43. The number of nitriles is 1. The molecule has 7 heterocycles. The molecule has 11 rings (SSSR count). The summed E-state index contributed by atoms with van der Waals surface area (Å²) in [5.74, 6) is -2.12. The first kappa shape index (κ1) is 73.4. The van der Waals surface area contributed by atoms with Crippen LogP contribution in [0.3, 0.4) is 0 Å². The van der Waals surface area contributed by atoms with Gasteiger partial charge >= 0.3 is 22.4 Å². The van der Waals surface area contributed by atoms with Gasteiger partial charge in [-0.1, -0.05) is 47.9 Å². The molecule has 32 nitrogen and oxygen atoms in total. The topological polar surface area (TPSA) is 414 Å². The quantitative estimate of drug-likeness (QED) is 0.0109. The lowest BCUT2D eigenvalue weighted by molar-refractivity contribution is 0.0695. The van der Waals surface area contributed by atoms with Crippen LogP contribution in [-0.4, -0.2) is 155 Å². The molecular weight excluding hydrogens is 1420 g/mol. The Morgan fingerprint density at radius 1 is 0.604 bits per heavy atom. The van der Waals surface area contributed by atoms with E-state index in [0.717, 1.165) is 109 Å². The van der Waals surface area contributed by atoms with Crippen molar-refractivity contribution in [2.75, 3.05) is 88.3 Å². The number of amides is 4. The lowest BCUT2D eigenvalue weighted by Gasteiger charge is -2.27. The minimum Gasteiger partial charge on any atom is -0.372 e. The van der Waals surface area contributed by atoms with Gasteiger partial charge in [0.15, 0.2) is 5.16 Å². The summed E-state index contributed by atoms with van der Waals surface area (Å²) in [6.45, 7) is 23.5. The lowest BCUT2D eigenvalue weighted by Crippen LogP contribution is -2.30. The maximum atomic E-state index is 13.8. The second-order valence-electron chi connectivity index (χ2n) is 22.3. The van der Waals surface area contributed by atoms with Crippen LogP contribution in [0.15, 0.2) is 120 Å². The summed E-state index contributed by atoms with van der Waals surface area (Å²) in [6.07, 6.45) is 8.20. The van der Waals surface area contributed by atoms with Crippen molar-refractivity contribution < 1.29 is 57.7 Å². The Kier molecular flexibility index (Phi) is 23.2. The van der Waals surface area contributed by atoms with Gasteiger partial charge in [0.2, 0.25) is 28.0 Å². The number of anilines is 8. The molecule has 0 atom stereocenters. The zero-order valence-electron chi connectivity index (χ0n) is 54.6. The molecule has 3 aromatic heterocycles. The molecule has 4 aliphatic rings. The average molecular weight is 1490 g/mol. The predicted octanol–water partition coefficient (Wildman–Crippen LogP) is 12.1. The van der Waals surface area contributed by atoms with Crippen LogP contribution in [0.2, 0.25) is 0 Å². The van der Waals surface area contributed by atoms with Gasteiger partial charge in [0.25, 0.3) is 32.1 Å². The number of nitrogens with one attached hydrogen (secondary N) is 2. The van der Waals surface area contributed by atoms with Crippen LogP contribution in [0.4, 0.5) is 67.9 Å². The number of piperidine rings is 2. The Balaban J connectivity index is 0.00000268. The number of thioether (sulfide) groups is 1. The zero-order chi connectivity index (χ0) is 72.4. The summed E-state index contributed by atoms with van der Waals surface area (Å²) < 4.78 is 92.6. The first-order valence-electron chi connectivity index (χ1n) is 31.4. The first-order valence-corrected chi connectivity index (χ1v) is 37.9. The highest BCUT2D eigenvalue weighted by molar-refractivity contribution is 7.99. The van der Waals surface area contributed by atoms with E-state index in [1.165, 1.54) is 23.9 Å². The second-order valence-corrected chi connectivity index (χ2v) is 28.8. The minimum absolute atomic E-state index is 0.131. The Bertz CT molecular complexity index is 4720. The Labute approximate surface area is 593 Å². The van der Waals surface area contributed by atoms with Crippen molar-refractivity contribution in [3.63, 3.8) is 0 Å². The van der Waals surface area contributed by atoms with E-state index in [2.05, 4.69) is 35.5 Å². The SMILES string of the molecule is O=S(=O)=O.[C-]#[N+]/C(=C\c1sc(N=Nc2ccc(N(CC)CC)cc2Nc2nc(Nc3cc(N(CC)CC)ccc3N=Nc3nc(N4CCCCC4)c(/C=C(\C#N)N4C(=O)c5ccc(S(=O)(=O)O)cc5C4=O)s3)nc(SCC)n2)nc1N1CCCCC1)N1C(=O)c2ccc(S(=O)(=O)O)cc2C1=O. The maximum absolute atomic E-state index is 13.8. The van der Waals surface area contributed by atoms with Gasteiger partial charge in [0, 0.05) is 63.7 Å². The summed E-state index contributed by atoms with van der Waals surface area (Å²) >= 11 is 3.54. The van der Waals surface area contributed by atoms with E-state index in [1.54, 1.807) is 12.1 Å². The number of aromatic nitrogens is 5. The van der Waals surface area contributed by atoms with E-state index in [1.807, 2.05) is 74.8 Å². The van der Waals surface area contributed by atoms with Crippen molar-refractivity contribution in [1.29, 1.82) is 5.26 Å². The van der Waals surface area contributed by atoms with Crippen LogP contribution < -0.4 is 30.2 Å². The van der Waals surface area contributed by atoms with Crippen molar-refractivity contribution in [2.24, 2.45) is 20.5 Å². The van der Waals surface area contributed by atoms with E-state index in [4.69, 9.17) is 54.3 Å². The largest absolute Gasteiger partial charge is 0.425 e. The number of allylic oxidation sites excluding steroid dienone is 1. The van der Waals surface area contributed by atoms with Crippen LogP contribution in [0.25, 0.3) is 17.0 Å². The van der Waals surface area contributed by atoms with E-state index < -0.39 is 64.3 Å². The van der Waals surface area contributed by atoms with Crippen LogP contribution in [0.1, 0.15) is 124 Å². The standard InChI is InChI=1S/C63H63N19O10S5.O3S/c1-7-77(8-2)37-18-24-46(73-75-62-68-53(79-26-14-12-15-27-79)50(94-62)32-39(36-64)81-55(83)42-22-20-40(96(87,88)89)33-44(42)57(81)85)48(30-37)66-59-70-60(72-61(71-59)93-11-5)67-49-31-38(78(9-3)10-4)19-25-47(49)74-76-63-69-54(80-28-16-13-17-29-80)51(95-63)35-52(65-6)82-56(84)43-23-21-41(97(90,91)92)34-45(43)58(82)86;1-4(2)3/h18-25,30-35H,7-17,26-29H2,1-5H3,(H,87,88,89)(H,90,91,92)(H2,66,67,70,71,72);/b39-32+,52-35+,75-73?,76-74?;. The Hall–Kier alpha value is -10.3. The van der Waals surface area contributed by atoms with E-state index in [0.29, 0.717) is 117 Å². The summed E-state index contributed by atoms with van der Waals surface area (Å²) in [4.78, 5) is 92.2. The van der Waals surface area contributed by atoms with Gasteiger partial charge in [-0.2, -0.15) is 51.9 Å². The van der Waals surface area contributed by atoms with Crippen molar-refractivity contribution in [2.45, 2.75) is 88.1 Å². The van der Waals surface area contributed by atoms with Gasteiger partial charge in [0.1, 0.15) is 34.8 Å². The molecule has 4 aliphatic heterocycles. The molecule has 4 amide bonds. The molecule has 101 heavy (non-hydrogen) atoms. The van der Waals surface area contributed by atoms with Gasteiger partial charge in [0.05, 0.1) is 53.2 Å². The number of hydrogen-bond donors (Lipinski definition) is 4. The number of thiazole rings is 2. The molecule has 0 saturated carbocycles. The normalized spacial score (nSPS) is 15.0. The number of fused-ring (bicyclic) bond motifs is 2. The van der Waals surface area contributed by atoms with Crippen LogP contribution in [-0.2, 0) is 30.8 Å². The monoisotopic (exact) mass is 1490 g/mol. The van der Waals surface area contributed by atoms with Crippen molar-refractivity contribution in [1.82, 2.24) is 34.7 Å². The third kappa shape index (κ3) is 16.8. The van der Waals surface area contributed by atoms with Gasteiger partial charge < -0.3 is 35.1 Å². The molecule has 0 unspecified atom stereocenters. The summed E-state index contributed by atoms with van der Waals surface area (Å²) in [5.41, 5.74) is 2.17. The van der Waals surface area contributed by atoms with E-state index >= 15 is 0 Å². The molecule has 7 aromatic rings. The Morgan fingerprint density at radius 2 is 1.02 bits per heavy atom. The number of carbonyl (C=O) groups is 4. The summed E-state index contributed by atoms with van der Waals surface area (Å²) in [6, 6.07) is 19.3. The van der Waals surface area contributed by atoms with Crippen LogP contribution in [0, 0.1) is 17.9 Å². The number of benzene rings is 4. The molecule has 0 radical (unpaired) electrons. The summed E-state index contributed by atoms with van der Waals surface area (Å²) in [5, 5.41) is 36.8. The number of azo groups is 2. The van der Waals surface area contributed by atoms with Crippen molar-refractivity contribution in [3.05, 3.63) is 128 Å². The number of rotatable bonds is 24. The average Bonchev–Trinajstić information content (AvgIpc) is 1.79. The fourth-order valence-electron chi connectivity index (χ4n) is 11.4. The van der Waals surface area contributed by atoms with Gasteiger partial charge in [-0.15, -0.1) is 33.1 Å². The molecule has 0 aliphatic carbocycles. The van der Waals surface area contributed by atoms with E-state index in [9.17, 15) is 50.4 Å². The predicted molar refractivity (Wildman–Crippen MR) is 379 cm³/mol. The molecule has 0 bridgehead atoms. The number of nitrogens with zero attached hydrogens (tertiary/aromatic N) is 17. The number of imide groups is 2. The third-order valence-electron chi connectivity index (χ3n) is 16.2. The first-order chi connectivity index (χ1) is 48.4.